The highest BCUT2D eigenvalue weighted by Gasteiger charge is 2.20. The van der Waals surface area contributed by atoms with E-state index < -0.39 is 0 Å². The Kier molecular flexibility index (Phi) is 6.27. The van der Waals surface area contributed by atoms with Crippen LogP contribution in [0.2, 0.25) is 0 Å². The van der Waals surface area contributed by atoms with Crippen LogP contribution in [0.1, 0.15) is 50.5 Å². The molecule has 3 rings (SSSR count). The molecule has 0 saturated heterocycles. The van der Waals surface area contributed by atoms with Crippen LogP contribution in [0, 0.1) is 5.92 Å². The number of rotatable bonds is 6. The van der Waals surface area contributed by atoms with Crippen molar-refractivity contribution >= 4 is 0 Å². The molecule has 1 aliphatic carbocycles. The van der Waals surface area contributed by atoms with Gasteiger partial charge in [-0.15, -0.1) is 0 Å². The van der Waals surface area contributed by atoms with Crippen molar-refractivity contribution in [3.63, 3.8) is 0 Å². The zero-order valence-electron chi connectivity index (χ0n) is 15.0. The second-order valence-corrected chi connectivity index (χ2v) is 6.92. The van der Waals surface area contributed by atoms with Gasteiger partial charge in [0.15, 0.2) is 0 Å². The summed E-state index contributed by atoms with van der Waals surface area (Å²) in [6, 6.07) is 17.3. The van der Waals surface area contributed by atoms with Crippen molar-refractivity contribution in [2.75, 3.05) is 6.61 Å². The van der Waals surface area contributed by atoms with E-state index in [9.17, 15) is 4.39 Å². The van der Waals surface area contributed by atoms with Crippen LogP contribution in [0.15, 0.2) is 60.9 Å². The van der Waals surface area contributed by atoms with E-state index in [2.05, 4.69) is 43.3 Å². The summed E-state index contributed by atoms with van der Waals surface area (Å²) in [5.41, 5.74) is 3.86. The Morgan fingerprint density at radius 3 is 2.08 bits per heavy atom. The number of allylic oxidation sites excluding steroid dienone is 1. The fraction of sp³-hybridized carbons (Fsp3) is 0.391. The summed E-state index contributed by atoms with van der Waals surface area (Å²) in [6.45, 7) is 2.87. The molecule has 1 saturated carbocycles. The smallest absolute Gasteiger partial charge is 0.119 e. The first-order chi connectivity index (χ1) is 12.3. The summed E-state index contributed by atoms with van der Waals surface area (Å²) in [5, 5.41) is 0. The molecule has 0 amide bonds. The fourth-order valence-corrected chi connectivity index (χ4v) is 3.66. The predicted molar refractivity (Wildman–Crippen MR) is 103 cm³/mol. The lowest BCUT2D eigenvalue weighted by molar-refractivity contribution is 0.317. The van der Waals surface area contributed by atoms with Gasteiger partial charge in [0.1, 0.15) is 5.75 Å². The summed E-state index contributed by atoms with van der Waals surface area (Å²) in [5.74, 6) is 1.97. The van der Waals surface area contributed by atoms with Crippen LogP contribution >= 0.6 is 0 Å². The van der Waals surface area contributed by atoms with Crippen LogP contribution in [0.5, 0.6) is 5.75 Å². The summed E-state index contributed by atoms with van der Waals surface area (Å²) < 4.78 is 17.9. The second kappa shape index (κ2) is 8.84. The molecule has 1 aliphatic rings. The van der Waals surface area contributed by atoms with E-state index in [0.29, 0.717) is 18.2 Å². The topological polar surface area (TPSA) is 9.23 Å². The molecule has 0 aromatic heterocycles. The maximum atomic E-state index is 12.3. The molecule has 0 aliphatic heterocycles. The number of benzene rings is 2. The highest BCUT2D eigenvalue weighted by atomic mass is 19.1. The van der Waals surface area contributed by atoms with Gasteiger partial charge in [-0.2, -0.15) is 0 Å². The third-order valence-corrected chi connectivity index (χ3v) is 5.16. The van der Waals surface area contributed by atoms with Crippen LogP contribution < -0.4 is 4.74 Å². The second-order valence-electron chi connectivity index (χ2n) is 6.92. The van der Waals surface area contributed by atoms with E-state index in [0.717, 1.165) is 44.5 Å². The standard InChI is InChI=1S/C23H27FO/c1-2-17-25-23-13-11-22(12-14-23)21-9-7-20(8-10-21)19-5-3-18(4-6-19)15-16-24/h7-16,18-19H,2-6,17H2,1H3/b16-15+. The molecule has 0 heterocycles. The molecule has 0 unspecified atom stereocenters. The first-order valence-electron chi connectivity index (χ1n) is 9.40. The molecule has 0 radical (unpaired) electrons. The number of ether oxygens (including phenoxy) is 1. The van der Waals surface area contributed by atoms with E-state index >= 15 is 0 Å². The minimum Gasteiger partial charge on any atom is -0.494 e. The van der Waals surface area contributed by atoms with Crippen LogP contribution in [0.3, 0.4) is 0 Å². The molecular formula is C23H27FO. The van der Waals surface area contributed by atoms with Gasteiger partial charge in [0.25, 0.3) is 0 Å². The van der Waals surface area contributed by atoms with Gasteiger partial charge in [-0.1, -0.05) is 49.4 Å². The molecule has 2 aromatic carbocycles. The quantitative estimate of drug-likeness (QED) is 0.556. The monoisotopic (exact) mass is 338 g/mol. The van der Waals surface area contributed by atoms with Crippen molar-refractivity contribution in [2.45, 2.75) is 44.9 Å². The number of hydrogen-bond acceptors (Lipinski definition) is 1. The SMILES string of the molecule is CCCOc1ccc(-c2ccc(C3CCC(/C=C/F)CC3)cc2)cc1. The maximum absolute atomic E-state index is 12.3. The number of halogens is 1. The van der Waals surface area contributed by atoms with E-state index in [1.165, 1.54) is 16.7 Å². The molecule has 1 fully saturated rings. The number of hydrogen-bond donors (Lipinski definition) is 0. The van der Waals surface area contributed by atoms with Crippen LogP contribution in [0.4, 0.5) is 4.39 Å². The molecule has 1 nitrogen and oxygen atoms in total. The lowest BCUT2D eigenvalue weighted by atomic mass is 9.78. The molecule has 0 atom stereocenters. The first kappa shape index (κ1) is 17.7. The average molecular weight is 338 g/mol. The van der Waals surface area contributed by atoms with Crippen molar-refractivity contribution < 1.29 is 9.13 Å². The zero-order chi connectivity index (χ0) is 17.5. The van der Waals surface area contributed by atoms with Gasteiger partial charge in [0, 0.05) is 0 Å². The zero-order valence-corrected chi connectivity index (χ0v) is 15.0. The summed E-state index contributed by atoms with van der Waals surface area (Å²) in [7, 11) is 0. The van der Waals surface area contributed by atoms with Gasteiger partial charge in [0.2, 0.25) is 0 Å². The van der Waals surface area contributed by atoms with Gasteiger partial charge in [-0.3, -0.25) is 0 Å². The van der Waals surface area contributed by atoms with E-state index in [1.807, 2.05) is 12.1 Å². The average Bonchev–Trinajstić information content (AvgIpc) is 2.68. The van der Waals surface area contributed by atoms with Crippen molar-refractivity contribution in [2.24, 2.45) is 5.92 Å². The van der Waals surface area contributed by atoms with Crippen molar-refractivity contribution in [1.82, 2.24) is 0 Å². The van der Waals surface area contributed by atoms with Gasteiger partial charge in [0.05, 0.1) is 12.9 Å². The van der Waals surface area contributed by atoms with Crippen molar-refractivity contribution in [3.8, 4) is 16.9 Å². The minimum absolute atomic E-state index is 0.425. The first-order valence-corrected chi connectivity index (χ1v) is 9.40. The van der Waals surface area contributed by atoms with Gasteiger partial charge >= 0.3 is 0 Å². The lowest BCUT2D eigenvalue weighted by Crippen LogP contribution is -2.11. The predicted octanol–water partition coefficient (Wildman–Crippen LogP) is 6.90. The van der Waals surface area contributed by atoms with Gasteiger partial charge in [-0.25, -0.2) is 4.39 Å². The Bertz CT molecular complexity index is 664. The minimum atomic E-state index is 0.425. The maximum Gasteiger partial charge on any atom is 0.119 e. The normalized spacial score (nSPS) is 20.7. The third kappa shape index (κ3) is 4.72. The van der Waals surface area contributed by atoms with Crippen molar-refractivity contribution in [3.05, 3.63) is 66.5 Å². The Labute approximate surface area is 150 Å². The molecule has 2 heteroatoms. The lowest BCUT2D eigenvalue weighted by Gasteiger charge is -2.27. The Balaban J connectivity index is 1.62. The Morgan fingerprint density at radius 1 is 0.920 bits per heavy atom. The molecular weight excluding hydrogens is 311 g/mol. The largest absolute Gasteiger partial charge is 0.494 e. The molecule has 25 heavy (non-hydrogen) atoms. The highest BCUT2D eigenvalue weighted by molar-refractivity contribution is 5.64. The molecule has 0 N–H and O–H groups in total. The van der Waals surface area contributed by atoms with Crippen molar-refractivity contribution in [1.29, 1.82) is 0 Å². The molecule has 0 bridgehead atoms. The van der Waals surface area contributed by atoms with Crippen LogP contribution in [0.25, 0.3) is 11.1 Å². The molecule has 0 spiro atoms. The van der Waals surface area contributed by atoms with Gasteiger partial charge in [-0.05, 0) is 72.8 Å². The molecule has 2 aromatic rings. The summed E-state index contributed by atoms with van der Waals surface area (Å²) >= 11 is 0. The fourth-order valence-electron chi connectivity index (χ4n) is 3.66. The van der Waals surface area contributed by atoms with Gasteiger partial charge < -0.3 is 4.74 Å². The summed E-state index contributed by atoms with van der Waals surface area (Å²) in [6.07, 6.45) is 7.93. The van der Waals surface area contributed by atoms with E-state index in [4.69, 9.17) is 4.74 Å². The molecule has 132 valence electrons. The van der Waals surface area contributed by atoms with E-state index in [1.54, 1.807) is 6.08 Å². The highest BCUT2D eigenvalue weighted by Crippen LogP contribution is 2.37. The Morgan fingerprint density at radius 2 is 1.52 bits per heavy atom. The van der Waals surface area contributed by atoms with Crippen LogP contribution in [-0.4, -0.2) is 6.61 Å². The van der Waals surface area contributed by atoms with Crippen LogP contribution in [-0.2, 0) is 0 Å². The Hall–Kier alpha value is -2.09. The van der Waals surface area contributed by atoms with E-state index in [-0.39, 0.29) is 0 Å². The summed E-state index contributed by atoms with van der Waals surface area (Å²) in [4.78, 5) is 0. The third-order valence-electron chi connectivity index (χ3n) is 5.16.